The minimum Gasteiger partial charge on any atom is -0.481 e. The van der Waals surface area contributed by atoms with Crippen LogP contribution in [0.1, 0.15) is 57.1 Å². The normalized spacial score (nSPS) is 19.0. The van der Waals surface area contributed by atoms with Crippen molar-refractivity contribution in [1.82, 2.24) is 0 Å². The Morgan fingerprint density at radius 3 is 2.64 bits per heavy atom. The Morgan fingerprint density at radius 1 is 1.39 bits per heavy atom. The first kappa shape index (κ1) is 22.3. The van der Waals surface area contributed by atoms with Crippen molar-refractivity contribution in [3.05, 3.63) is 23.3 Å². The second kappa shape index (κ2) is 8.99. The zero-order chi connectivity index (χ0) is 21.1. The molecule has 2 rings (SSSR count). The van der Waals surface area contributed by atoms with Crippen LogP contribution in [0.2, 0.25) is 0 Å². The molecule has 0 bridgehead atoms. The summed E-state index contributed by atoms with van der Waals surface area (Å²) < 4.78 is 0. The van der Waals surface area contributed by atoms with Gasteiger partial charge in [0.1, 0.15) is 5.25 Å². The minimum absolute atomic E-state index is 0.0140. The molecule has 0 fully saturated rings. The molecule has 1 aliphatic heterocycles. The molecule has 0 radical (unpaired) electrons. The fraction of sp³-hybridized carbons (Fsp3) is 0.571. The number of benzene rings is 1. The first-order valence-electron chi connectivity index (χ1n) is 9.52. The molecule has 7 heteroatoms. The van der Waals surface area contributed by atoms with E-state index in [1.807, 2.05) is 6.92 Å². The van der Waals surface area contributed by atoms with E-state index in [2.05, 4.69) is 49.5 Å². The first-order chi connectivity index (χ1) is 13.1. The lowest BCUT2D eigenvalue weighted by Gasteiger charge is -2.48. The molecule has 0 aliphatic carbocycles. The maximum atomic E-state index is 11.2. The Morgan fingerprint density at radius 2 is 2.07 bits per heavy atom. The molecule has 1 aromatic rings. The summed E-state index contributed by atoms with van der Waals surface area (Å²) in [6, 6.07) is 4.31. The molecule has 0 aromatic heterocycles. The number of hydrogen-bond acceptors (Lipinski definition) is 5. The van der Waals surface area contributed by atoms with Gasteiger partial charge in [-0.05, 0) is 75.3 Å². The van der Waals surface area contributed by atoms with Gasteiger partial charge in [-0.15, -0.1) is 11.8 Å². The van der Waals surface area contributed by atoms with E-state index in [4.69, 9.17) is 5.11 Å². The number of aryl methyl sites for hydroxylation is 1. The van der Waals surface area contributed by atoms with Gasteiger partial charge in [0.15, 0.2) is 0 Å². The molecule has 154 valence electrons. The summed E-state index contributed by atoms with van der Waals surface area (Å²) in [7, 11) is 0. The highest BCUT2D eigenvalue weighted by Crippen LogP contribution is 2.45. The highest BCUT2D eigenvalue weighted by atomic mass is 32.2. The van der Waals surface area contributed by atoms with Gasteiger partial charge in [-0.1, -0.05) is 6.92 Å². The van der Waals surface area contributed by atoms with Crippen molar-refractivity contribution < 1.29 is 19.8 Å². The maximum Gasteiger partial charge on any atom is 0.317 e. The molecule has 6 nitrogen and oxygen atoms in total. The lowest BCUT2D eigenvalue weighted by atomic mass is 9.79. The summed E-state index contributed by atoms with van der Waals surface area (Å²) >= 11 is 1.21. The Labute approximate surface area is 171 Å². The number of rotatable bonds is 9. The lowest BCUT2D eigenvalue weighted by Crippen LogP contribution is -2.49. The molecule has 28 heavy (non-hydrogen) atoms. The third kappa shape index (κ3) is 5.07. The van der Waals surface area contributed by atoms with E-state index in [9.17, 15) is 14.7 Å². The van der Waals surface area contributed by atoms with Gasteiger partial charge in [-0.3, -0.25) is 14.6 Å². The third-order valence-corrected chi connectivity index (χ3v) is 6.65. The molecular weight excluding hydrogens is 376 g/mol. The average Bonchev–Trinajstić information content (AvgIpc) is 2.58. The number of carboxylic acids is 2. The lowest BCUT2D eigenvalue weighted by molar-refractivity contribution is -0.142. The van der Waals surface area contributed by atoms with E-state index in [0.29, 0.717) is 11.7 Å². The number of aliphatic carboxylic acids is 2. The molecule has 2 unspecified atom stereocenters. The second-order valence-electron chi connectivity index (χ2n) is 8.07. The number of aliphatic imine (C=N–C) groups is 1. The molecule has 2 atom stereocenters. The summed E-state index contributed by atoms with van der Waals surface area (Å²) in [6.07, 6.45) is 1.45. The summed E-state index contributed by atoms with van der Waals surface area (Å²) in [6.45, 7) is 13.2. The average molecular weight is 407 g/mol. The Balaban J connectivity index is 2.13. The van der Waals surface area contributed by atoms with E-state index in [-0.39, 0.29) is 12.0 Å². The number of nitrogens with zero attached hydrogens (tertiary/aromatic N) is 2. The zero-order valence-corrected chi connectivity index (χ0v) is 17.9. The molecular formula is C21H30N2O4S. The molecule has 0 spiro atoms. The minimum atomic E-state index is -1.08. The predicted molar refractivity (Wildman–Crippen MR) is 116 cm³/mol. The van der Waals surface area contributed by atoms with Crippen molar-refractivity contribution in [1.29, 1.82) is 0 Å². The molecule has 2 N–H and O–H groups in total. The summed E-state index contributed by atoms with van der Waals surface area (Å²) in [5.74, 6) is -1.12. The van der Waals surface area contributed by atoms with Crippen LogP contribution in [0.3, 0.4) is 0 Å². The van der Waals surface area contributed by atoms with Crippen LogP contribution >= 0.6 is 11.8 Å². The van der Waals surface area contributed by atoms with E-state index in [0.717, 1.165) is 30.6 Å². The predicted octanol–water partition coefficient (Wildman–Crippen LogP) is 4.47. The van der Waals surface area contributed by atoms with Crippen LogP contribution in [0.15, 0.2) is 17.1 Å². The molecule has 0 saturated carbocycles. The molecule has 1 aromatic carbocycles. The smallest absolute Gasteiger partial charge is 0.317 e. The third-order valence-electron chi connectivity index (χ3n) is 5.35. The molecule has 0 saturated heterocycles. The van der Waals surface area contributed by atoms with Crippen LogP contribution in [0.5, 0.6) is 0 Å². The van der Waals surface area contributed by atoms with E-state index in [1.165, 1.54) is 23.0 Å². The van der Waals surface area contributed by atoms with E-state index < -0.39 is 17.2 Å². The summed E-state index contributed by atoms with van der Waals surface area (Å²) in [5.41, 5.74) is 4.47. The van der Waals surface area contributed by atoms with Crippen molar-refractivity contribution >= 4 is 41.8 Å². The molecule has 1 aliphatic rings. The van der Waals surface area contributed by atoms with Crippen LogP contribution < -0.4 is 4.90 Å². The number of fused-ring (bicyclic) bond motifs is 1. The van der Waals surface area contributed by atoms with Gasteiger partial charge in [0.05, 0.1) is 12.1 Å². The van der Waals surface area contributed by atoms with Gasteiger partial charge >= 0.3 is 11.9 Å². The quantitative estimate of drug-likeness (QED) is 0.464. The van der Waals surface area contributed by atoms with E-state index in [1.54, 1.807) is 0 Å². The summed E-state index contributed by atoms with van der Waals surface area (Å²) in [4.78, 5) is 28.6. The van der Waals surface area contributed by atoms with Crippen LogP contribution in [0.4, 0.5) is 11.4 Å². The van der Waals surface area contributed by atoms with Crippen LogP contribution in [-0.2, 0) is 9.59 Å². The van der Waals surface area contributed by atoms with Crippen molar-refractivity contribution in [2.45, 2.75) is 63.7 Å². The van der Waals surface area contributed by atoms with Gasteiger partial charge in [-0.2, -0.15) is 0 Å². The number of carbonyl (C=O) groups is 2. The number of thioether (sulfide) groups is 1. The SMILES string of the molecule is C=Nc1cc2c(cc1C)N(CCCSC(CC(=O)O)C(=O)O)C(C)(C)CC2C. The van der Waals surface area contributed by atoms with Crippen molar-refractivity contribution in [3.63, 3.8) is 0 Å². The zero-order valence-electron chi connectivity index (χ0n) is 17.1. The fourth-order valence-corrected chi connectivity index (χ4v) is 5.02. The van der Waals surface area contributed by atoms with Gasteiger partial charge < -0.3 is 15.1 Å². The number of anilines is 1. The monoisotopic (exact) mass is 406 g/mol. The summed E-state index contributed by atoms with van der Waals surface area (Å²) in [5, 5.41) is 17.2. The maximum absolute atomic E-state index is 11.2. The Kier molecular flexibility index (Phi) is 7.15. The molecule has 1 heterocycles. The highest BCUT2D eigenvalue weighted by Gasteiger charge is 2.36. The Hall–Kier alpha value is -2.02. The number of carboxylic acid groups (broad SMARTS) is 2. The largest absolute Gasteiger partial charge is 0.481 e. The van der Waals surface area contributed by atoms with Crippen molar-refractivity contribution in [2.24, 2.45) is 4.99 Å². The van der Waals surface area contributed by atoms with Crippen molar-refractivity contribution in [3.8, 4) is 0 Å². The van der Waals surface area contributed by atoms with Crippen LogP contribution in [0.25, 0.3) is 0 Å². The molecule has 0 amide bonds. The highest BCUT2D eigenvalue weighted by molar-refractivity contribution is 8.00. The van der Waals surface area contributed by atoms with Gasteiger partial charge in [-0.25, -0.2) is 0 Å². The van der Waals surface area contributed by atoms with Gasteiger partial charge in [0.25, 0.3) is 0 Å². The second-order valence-corrected chi connectivity index (χ2v) is 9.38. The van der Waals surface area contributed by atoms with Gasteiger partial charge in [0, 0.05) is 17.8 Å². The standard InChI is InChI=1S/C21H30N2O4S/c1-13-9-17-15(10-16(13)22-5)14(2)12-21(3,4)23(17)7-6-8-28-18(20(26)27)11-19(24)25/h9-10,14,18H,5-8,11-12H2,1-4H3,(H,24,25)(H,26,27). The first-order valence-corrected chi connectivity index (χ1v) is 10.6. The van der Waals surface area contributed by atoms with Gasteiger partial charge in [0.2, 0.25) is 0 Å². The van der Waals surface area contributed by atoms with Crippen LogP contribution in [-0.4, -0.2) is 52.0 Å². The van der Waals surface area contributed by atoms with Crippen molar-refractivity contribution in [2.75, 3.05) is 17.2 Å². The number of hydrogen-bond donors (Lipinski definition) is 2. The van der Waals surface area contributed by atoms with Crippen LogP contribution in [0, 0.1) is 6.92 Å². The van der Waals surface area contributed by atoms with E-state index >= 15 is 0 Å². The fourth-order valence-electron chi connectivity index (χ4n) is 4.04. The Bertz CT molecular complexity index is 763. The topological polar surface area (TPSA) is 90.2 Å².